The van der Waals surface area contributed by atoms with Crippen molar-refractivity contribution in [3.63, 3.8) is 0 Å². The number of carbonyl (C=O) groups is 1. The highest BCUT2D eigenvalue weighted by Gasteiger charge is 2.17. The highest BCUT2D eigenvalue weighted by Crippen LogP contribution is 2.25. The summed E-state index contributed by atoms with van der Waals surface area (Å²) in [5.41, 5.74) is 0.756. The van der Waals surface area contributed by atoms with Crippen LogP contribution in [0.5, 0.6) is 0 Å². The maximum atomic E-state index is 11.0. The van der Waals surface area contributed by atoms with Gasteiger partial charge >= 0.3 is 0 Å². The predicted octanol–water partition coefficient (Wildman–Crippen LogP) is 4.40. The molecule has 1 saturated carbocycles. The van der Waals surface area contributed by atoms with Gasteiger partial charge in [-0.25, -0.2) is 5.01 Å². The molecule has 0 spiro atoms. The maximum absolute atomic E-state index is 11.0. The second-order valence-corrected chi connectivity index (χ2v) is 6.71. The first-order chi connectivity index (χ1) is 12.1. The monoisotopic (exact) mass is 361 g/mol. The molecule has 7 heteroatoms. The average molecular weight is 362 g/mol. The van der Waals surface area contributed by atoms with Gasteiger partial charge in [-0.1, -0.05) is 18.7 Å². The molecular formula is C18H27N5OS. The van der Waals surface area contributed by atoms with E-state index in [4.69, 9.17) is 5.26 Å². The highest BCUT2D eigenvalue weighted by atomic mass is 32.1. The topological polar surface area (TPSA) is 80.8 Å². The average Bonchev–Trinajstić information content (AvgIpc) is 3.15. The molecule has 0 radical (unpaired) electrons. The smallest absolute Gasteiger partial charge is 0.252 e. The second-order valence-electron chi connectivity index (χ2n) is 5.93. The Morgan fingerprint density at radius 2 is 2.24 bits per heavy atom. The van der Waals surface area contributed by atoms with E-state index >= 15 is 0 Å². The summed E-state index contributed by atoms with van der Waals surface area (Å²) >= 11 is 1.53. The number of carbonyl (C=O) groups excluding carboxylic acids is 1. The van der Waals surface area contributed by atoms with Crippen LogP contribution in [0.3, 0.4) is 0 Å². The third kappa shape index (κ3) is 8.45. The number of hydrogen-bond donors (Lipinski definition) is 1. The van der Waals surface area contributed by atoms with Gasteiger partial charge in [0, 0.05) is 23.7 Å². The van der Waals surface area contributed by atoms with Crippen LogP contribution in [0.25, 0.3) is 0 Å². The first-order valence-electron chi connectivity index (χ1n) is 8.58. The molecule has 1 amide bonds. The lowest BCUT2D eigenvalue weighted by Crippen LogP contribution is -2.21. The Morgan fingerprint density at radius 3 is 2.76 bits per heavy atom. The molecule has 0 atom stereocenters. The summed E-state index contributed by atoms with van der Waals surface area (Å²) in [5, 5.41) is 24.7. The molecule has 25 heavy (non-hydrogen) atoms. The van der Waals surface area contributed by atoms with Crippen LogP contribution in [-0.2, 0) is 0 Å². The van der Waals surface area contributed by atoms with Gasteiger partial charge < -0.3 is 5.32 Å². The number of nitriles is 1. The van der Waals surface area contributed by atoms with Gasteiger partial charge in [-0.3, -0.25) is 4.79 Å². The van der Waals surface area contributed by atoms with Crippen LogP contribution >= 0.6 is 11.3 Å². The standard InChI is InChI=1S/C11H18N4.C7H9NOS/c1-3-15(9-8-12)14-13-11-6-4-10(2)5-7-11;1-2-8-7(9)6-3-4-10-5-6/h3,10-11H,1,4-7,9H2,2H3;3-5H,2H2,1H3,(H,8,9). The van der Waals surface area contributed by atoms with Crippen LogP contribution in [0.1, 0.15) is 49.9 Å². The van der Waals surface area contributed by atoms with Crippen molar-refractivity contribution in [1.82, 2.24) is 10.3 Å². The van der Waals surface area contributed by atoms with Gasteiger partial charge in [-0.05, 0) is 50.0 Å². The molecule has 1 aliphatic carbocycles. The van der Waals surface area contributed by atoms with Crippen molar-refractivity contribution >= 4 is 17.2 Å². The first-order valence-corrected chi connectivity index (χ1v) is 9.52. The Labute approximate surface area is 154 Å². The van der Waals surface area contributed by atoms with Crippen LogP contribution in [0.15, 0.2) is 39.9 Å². The zero-order chi connectivity index (χ0) is 18.5. The lowest BCUT2D eigenvalue weighted by Gasteiger charge is -2.22. The molecule has 1 aliphatic rings. The molecule has 1 N–H and O–H groups in total. The summed E-state index contributed by atoms with van der Waals surface area (Å²) in [6.45, 7) is 8.67. The van der Waals surface area contributed by atoms with Crippen LogP contribution < -0.4 is 5.32 Å². The van der Waals surface area contributed by atoms with E-state index in [1.165, 1.54) is 35.4 Å². The van der Waals surface area contributed by atoms with Gasteiger partial charge in [0.15, 0.2) is 0 Å². The van der Waals surface area contributed by atoms with Gasteiger partial charge in [0.05, 0.1) is 12.1 Å². The molecule has 136 valence electrons. The molecule has 0 aromatic carbocycles. The van der Waals surface area contributed by atoms with Crippen LogP contribution in [0.4, 0.5) is 0 Å². The summed E-state index contributed by atoms with van der Waals surface area (Å²) in [6.07, 6.45) is 6.22. The second kappa shape index (κ2) is 12.2. The summed E-state index contributed by atoms with van der Waals surface area (Å²) in [4.78, 5) is 11.0. The Kier molecular flexibility index (Phi) is 10.2. The van der Waals surface area contributed by atoms with Gasteiger partial charge in [0.25, 0.3) is 5.91 Å². The molecule has 0 saturated heterocycles. The normalized spacial score (nSPS) is 19.4. The number of nitrogens with zero attached hydrogens (tertiary/aromatic N) is 4. The molecule has 1 aromatic heterocycles. The third-order valence-corrected chi connectivity index (χ3v) is 4.56. The molecule has 1 fully saturated rings. The SMILES string of the molecule is C=CN(CC#N)N=NC1CCC(C)CC1.CCNC(=O)c1ccsc1. The van der Waals surface area contributed by atoms with Crippen molar-refractivity contribution in [2.24, 2.45) is 16.3 Å². The van der Waals surface area contributed by atoms with Crippen LogP contribution in [0, 0.1) is 17.2 Å². The minimum Gasteiger partial charge on any atom is -0.352 e. The Bertz CT molecular complexity index is 571. The highest BCUT2D eigenvalue weighted by molar-refractivity contribution is 7.08. The van der Waals surface area contributed by atoms with Crippen molar-refractivity contribution in [2.75, 3.05) is 13.1 Å². The Hall–Kier alpha value is -2.20. The van der Waals surface area contributed by atoms with E-state index in [-0.39, 0.29) is 12.5 Å². The third-order valence-electron chi connectivity index (χ3n) is 3.88. The van der Waals surface area contributed by atoms with Gasteiger partial charge in [-0.15, -0.1) is 0 Å². The number of thiophene rings is 1. The van der Waals surface area contributed by atoms with Crippen molar-refractivity contribution in [3.8, 4) is 6.07 Å². The van der Waals surface area contributed by atoms with E-state index in [0.717, 1.165) is 24.3 Å². The molecule has 1 aromatic rings. The largest absolute Gasteiger partial charge is 0.352 e. The van der Waals surface area contributed by atoms with E-state index in [1.807, 2.05) is 29.8 Å². The Morgan fingerprint density at radius 1 is 1.52 bits per heavy atom. The molecule has 6 nitrogen and oxygen atoms in total. The lowest BCUT2D eigenvalue weighted by atomic mass is 9.88. The molecule has 0 aliphatic heterocycles. The fourth-order valence-corrected chi connectivity index (χ4v) is 2.99. The fraction of sp³-hybridized carbons (Fsp3) is 0.556. The number of nitrogens with one attached hydrogen (secondary N) is 1. The lowest BCUT2D eigenvalue weighted by molar-refractivity contribution is 0.0956. The van der Waals surface area contributed by atoms with E-state index < -0.39 is 0 Å². The van der Waals surface area contributed by atoms with Crippen LogP contribution in [-0.4, -0.2) is 30.0 Å². The van der Waals surface area contributed by atoms with Gasteiger partial charge in [0.2, 0.25) is 0 Å². The number of hydrogen-bond acceptors (Lipinski definition) is 5. The Balaban J connectivity index is 0.000000271. The quantitative estimate of drug-likeness (QED) is 0.463. The zero-order valence-corrected chi connectivity index (χ0v) is 15.8. The summed E-state index contributed by atoms with van der Waals surface area (Å²) in [6, 6.07) is 4.17. The van der Waals surface area contributed by atoms with Crippen molar-refractivity contribution in [2.45, 2.75) is 45.6 Å². The van der Waals surface area contributed by atoms with Crippen molar-refractivity contribution in [1.29, 1.82) is 5.26 Å². The van der Waals surface area contributed by atoms with Gasteiger partial charge in [0.1, 0.15) is 6.54 Å². The van der Waals surface area contributed by atoms with Crippen molar-refractivity contribution in [3.05, 3.63) is 35.2 Å². The molecular weight excluding hydrogens is 334 g/mol. The zero-order valence-electron chi connectivity index (χ0n) is 15.0. The molecule has 0 bridgehead atoms. The number of rotatable bonds is 6. The molecule has 0 unspecified atom stereocenters. The minimum absolute atomic E-state index is 0.0174. The molecule has 2 rings (SSSR count). The number of amides is 1. The van der Waals surface area contributed by atoms with E-state index in [1.54, 1.807) is 0 Å². The maximum Gasteiger partial charge on any atom is 0.252 e. The van der Waals surface area contributed by atoms with Crippen LogP contribution in [0.2, 0.25) is 0 Å². The summed E-state index contributed by atoms with van der Waals surface area (Å²) < 4.78 is 0. The summed E-state index contributed by atoms with van der Waals surface area (Å²) in [5.74, 6) is 0.842. The van der Waals surface area contributed by atoms with E-state index in [0.29, 0.717) is 12.6 Å². The summed E-state index contributed by atoms with van der Waals surface area (Å²) in [7, 11) is 0. The first kappa shape index (κ1) is 20.8. The van der Waals surface area contributed by atoms with Gasteiger partial charge in [-0.2, -0.15) is 21.7 Å². The fourth-order valence-electron chi connectivity index (χ4n) is 2.36. The van der Waals surface area contributed by atoms with Crippen molar-refractivity contribution < 1.29 is 4.79 Å². The minimum atomic E-state index is 0.0174. The molecule has 1 heterocycles. The van der Waals surface area contributed by atoms with E-state index in [2.05, 4.69) is 29.2 Å². The predicted molar refractivity (Wildman–Crippen MR) is 101 cm³/mol. The van der Waals surface area contributed by atoms with E-state index in [9.17, 15) is 4.79 Å².